The maximum atomic E-state index is 13.9. The lowest BCUT2D eigenvalue weighted by Gasteiger charge is -2.25. The Labute approximate surface area is 253 Å². The zero-order chi connectivity index (χ0) is 29.4. The van der Waals surface area contributed by atoms with E-state index in [0.717, 1.165) is 17.5 Å². The summed E-state index contributed by atoms with van der Waals surface area (Å²) in [4.78, 5) is 40.0. The third kappa shape index (κ3) is 7.72. The van der Waals surface area contributed by atoms with Crippen LogP contribution in [0.4, 0.5) is 16.2 Å². The average Bonchev–Trinajstić information content (AvgIpc) is 3.14. The number of nitrogens with one attached hydrogen (secondary N) is 3. The van der Waals surface area contributed by atoms with Crippen molar-refractivity contribution in [1.82, 2.24) is 10.0 Å². The second kappa shape index (κ2) is 14.6. The van der Waals surface area contributed by atoms with E-state index < -0.39 is 0 Å². The van der Waals surface area contributed by atoms with Crippen LogP contribution in [0.2, 0.25) is 10.0 Å². The molecular formula is C29H30Cl2N4O5S. The van der Waals surface area contributed by atoms with Crippen molar-refractivity contribution >= 4 is 63.6 Å². The zero-order valence-corrected chi connectivity index (χ0v) is 24.9. The fourth-order valence-electron chi connectivity index (χ4n) is 4.54. The third-order valence-corrected chi connectivity index (χ3v) is 7.51. The molecule has 3 aromatic rings. The molecule has 0 bridgehead atoms. The molecule has 1 atom stereocenters. The van der Waals surface area contributed by atoms with Gasteiger partial charge in [-0.15, -0.1) is 0 Å². The summed E-state index contributed by atoms with van der Waals surface area (Å²) < 4.78 is 14.4. The van der Waals surface area contributed by atoms with Crippen LogP contribution in [0.5, 0.6) is 5.75 Å². The number of methoxy groups -OCH3 is 1. The van der Waals surface area contributed by atoms with Gasteiger partial charge >= 0.3 is 0 Å². The molecule has 0 saturated carbocycles. The van der Waals surface area contributed by atoms with E-state index in [0.29, 0.717) is 70.8 Å². The van der Waals surface area contributed by atoms with E-state index in [1.165, 1.54) is 7.11 Å². The number of anilines is 2. The number of fused-ring (bicyclic) bond motifs is 1. The van der Waals surface area contributed by atoms with Gasteiger partial charge in [-0.2, -0.15) is 0 Å². The van der Waals surface area contributed by atoms with Crippen LogP contribution in [0.15, 0.2) is 60.7 Å². The number of halogens is 2. The van der Waals surface area contributed by atoms with E-state index in [9.17, 15) is 14.4 Å². The van der Waals surface area contributed by atoms with Crippen LogP contribution in [0.3, 0.4) is 0 Å². The van der Waals surface area contributed by atoms with Crippen LogP contribution < -0.4 is 25.0 Å². The van der Waals surface area contributed by atoms with Gasteiger partial charge in [0.05, 0.1) is 36.0 Å². The fraction of sp³-hybridized carbons (Fsp3) is 0.276. The average molecular weight is 618 g/mol. The largest absolute Gasteiger partial charge is 0.496 e. The van der Waals surface area contributed by atoms with Crippen molar-refractivity contribution in [1.29, 1.82) is 0 Å². The number of benzene rings is 3. The number of amides is 3. The lowest BCUT2D eigenvalue weighted by atomic mass is 10.0. The molecular weight excluding hydrogens is 587 g/mol. The number of ether oxygens (including phenoxy) is 2. The monoisotopic (exact) mass is 616 g/mol. The van der Waals surface area contributed by atoms with E-state index in [1.807, 2.05) is 12.1 Å². The number of rotatable bonds is 9. The Morgan fingerprint density at radius 1 is 1.05 bits per heavy atom. The summed E-state index contributed by atoms with van der Waals surface area (Å²) in [6, 6.07) is 17.0. The van der Waals surface area contributed by atoms with Crippen LogP contribution in [0.1, 0.15) is 45.2 Å². The molecule has 1 unspecified atom stereocenters. The van der Waals surface area contributed by atoms with Crippen LogP contribution in [-0.4, -0.2) is 50.9 Å². The first-order valence-electron chi connectivity index (χ1n) is 12.9. The molecule has 3 amide bonds. The maximum absolute atomic E-state index is 13.9. The predicted molar refractivity (Wildman–Crippen MR) is 164 cm³/mol. The van der Waals surface area contributed by atoms with Crippen molar-refractivity contribution in [2.24, 2.45) is 0 Å². The first-order chi connectivity index (χ1) is 19.8. The normalized spacial score (nSPS) is 14.5. The van der Waals surface area contributed by atoms with Gasteiger partial charge in [-0.1, -0.05) is 35.3 Å². The Morgan fingerprint density at radius 3 is 2.61 bits per heavy atom. The van der Waals surface area contributed by atoms with Gasteiger partial charge in [-0.25, -0.2) is 0 Å². The Balaban J connectivity index is 1.53. The van der Waals surface area contributed by atoms with Gasteiger partial charge in [-0.05, 0) is 62.4 Å². The molecule has 4 rings (SSSR count). The Kier molecular flexibility index (Phi) is 10.9. The standard InChI is InChI=1S/C29H30Cl2N4O5S/c1-32-41-29(38)33-13-15-40-25-8-5-14-35(24-12-9-18(30)16-22(24)25)28(37)21-11-10-19(17-26(21)39-2)34-27(36)20-6-3-4-7-23(20)31/h3-4,6-7,9-12,16-17,25,32H,5,8,13-15H2,1-2H3,(H,33,38)(H,34,36). The number of carbonyl (C=O) groups is 3. The van der Waals surface area contributed by atoms with E-state index in [2.05, 4.69) is 15.4 Å². The molecule has 0 aromatic heterocycles. The number of nitrogens with zero attached hydrogens (tertiary/aromatic N) is 1. The molecule has 3 aromatic carbocycles. The minimum Gasteiger partial charge on any atom is -0.496 e. The van der Waals surface area contributed by atoms with E-state index in [4.69, 9.17) is 32.7 Å². The first kappa shape index (κ1) is 30.7. The molecule has 0 aliphatic carbocycles. The van der Waals surface area contributed by atoms with Crippen molar-refractivity contribution in [2.75, 3.05) is 44.1 Å². The van der Waals surface area contributed by atoms with Crippen LogP contribution in [0.25, 0.3) is 0 Å². The van der Waals surface area contributed by atoms with E-state index >= 15 is 0 Å². The molecule has 41 heavy (non-hydrogen) atoms. The van der Waals surface area contributed by atoms with Gasteiger partial charge in [0.25, 0.3) is 17.1 Å². The molecule has 216 valence electrons. The van der Waals surface area contributed by atoms with Crippen molar-refractivity contribution in [3.8, 4) is 5.75 Å². The lowest BCUT2D eigenvalue weighted by Crippen LogP contribution is -2.32. The SMILES string of the molecule is CNSC(=O)NCCOC1CCCN(C(=O)c2ccc(NC(=O)c3ccccc3Cl)cc2OC)c2ccc(Cl)cc21. The highest BCUT2D eigenvalue weighted by atomic mass is 35.5. The molecule has 1 aliphatic heterocycles. The van der Waals surface area contributed by atoms with Gasteiger partial charge in [0.1, 0.15) is 5.75 Å². The van der Waals surface area contributed by atoms with Crippen molar-refractivity contribution < 1.29 is 23.9 Å². The van der Waals surface area contributed by atoms with Gasteiger partial charge in [-0.3, -0.25) is 19.1 Å². The number of hydrogen-bond acceptors (Lipinski definition) is 7. The van der Waals surface area contributed by atoms with Gasteiger partial charge < -0.3 is 25.0 Å². The molecule has 1 aliphatic rings. The summed E-state index contributed by atoms with van der Waals surface area (Å²) >= 11 is 13.5. The summed E-state index contributed by atoms with van der Waals surface area (Å²) in [5, 5.41) is 6.24. The zero-order valence-electron chi connectivity index (χ0n) is 22.5. The molecule has 0 spiro atoms. The highest BCUT2D eigenvalue weighted by Crippen LogP contribution is 2.38. The highest BCUT2D eigenvalue weighted by Gasteiger charge is 2.29. The van der Waals surface area contributed by atoms with Gasteiger partial charge in [0, 0.05) is 53.1 Å². The highest BCUT2D eigenvalue weighted by molar-refractivity contribution is 8.11. The van der Waals surface area contributed by atoms with Crippen LogP contribution in [0, 0.1) is 0 Å². The van der Waals surface area contributed by atoms with Gasteiger partial charge in [0.2, 0.25) is 0 Å². The van der Waals surface area contributed by atoms with E-state index in [1.54, 1.807) is 60.5 Å². The lowest BCUT2D eigenvalue weighted by molar-refractivity contribution is 0.0506. The molecule has 9 nitrogen and oxygen atoms in total. The summed E-state index contributed by atoms with van der Waals surface area (Å²) in [6.45, 7) is 1.10. The minimum atomic E-state index is -0.374. The van der Waals surface area contributed by atoms with Crippen LogP contribution >= 0.6 is 35.1 Å². The van der Waals surface area contributed by atoms with Crippen molar-refractivity contribution in [3.05, 3.63) is 87.4 Å². The molecule has 1 heterocycles. The molecule has 0 saturated heterocycles. The smallest absolute Gasteiger partial charge is 0.294 e. The molecule has 0 radical (unpaired) electrons. The third-order valence-electron chi connectivity index (χ3n) is 6.41. The predicted octanol–water partition coefficient (Wildman–Crippen LogP) is 6.33. The van der Waals surface area contributed by atoms with E-state index in [-0.39, 0.29) is 23.2 Å². The summed E-state index contributed by atoms with van der Waals surface area (Å²) in [5.74, 6) is -0.317. The quantitative estimate of drug-likeness (QED) is 0.190. The van der Waals surface area contributed by atoms with Gasteiger partial charge in [0.15, 0.2) is 0 Å². The Morgan fingerprint density at radius 2 is 1.85 bits per heavy atom. The fourth-order valence-corrected chi connectivity index (χ4v) is 5.30. The maximum Gasteiger partial charge on any atom is 0.294 e. The number of carbonyl (C=O) groups excluding carboxylic acids is 3. The van der Waals surface area contributed by atoms with Crippen molar-refractivity contribution in [2.45, 2.75) is 18.9 Å². The molecule has 3 N–H and O–H groups in total. The second-order valence-electron chi connectivity index (χ2n) is 9.03. The number of hydrogen-bond donors (Lipinski definition) is 3. The molecule has 0 fully saturated rings. The van der Waals surface area contributed by atoms with Crippen molar-refractivity contribution in [3.63, 3.8) is 0 Å². The second-order valence-corrected chi connectivity index (χ2v) is 10.9. The Bertz CT molecular complexity index is 1420. The first-order valence-corrected chi connectivity index (χ1v) is 14.5. The summed E-state index contributed by atoms with van der Waals surface area (Å²) in [5.41, 5.74) is 2.62. The minimum absolute atomic E-state index is 0.194. The van der Waals surface area contributed by atoms with Crippen LogP contribution in [-0.2, 0) is 4.74 Å². The topological polar surface area (TPSA) is 109 Å². The summed E-state index contributed by atoms with van der Waals surface area (Å²) in [7, 11) is 3.14. The Hall–Kier alpha value is -3.28. The molecule has 12 heteroatoms. The summed E-state index contributed by atoms with van der Waals surface area (Å²) in [6.07, 6.45) is 1.04.